The Balaban J connectivity index is 0.000000149. The van der Waals surface area contributed by atoms with Gasteiger partial charge in [0, 0.05) is 12.5 Å². The molecule has 0 fully saturated rings. The van der Waals surface area contributed by atoms with Crippen LogP contribution in [0.4, 0.5) is 0 Å². The first-order valence-corrected chi connectivity index (χ1v) is 8.48. The first-order valence-electron chi connectivity index (χ1n) is 8.48. The van der Waals surface area contributed by atoms with Crippen LogP contribution in [0.25, 0.3) is 12.2 Å². The Bertz CT molecular complexity index is 780. The van der Waals surface area contributed by atoms with E-state index in [0.717, 1.165) is 6.61 Å². The van der Waals surface area contributed by atoms with Crippen molar-refractivity contribution in [3.8, 4) is 0 Å². The standard InChI is InChI=1S/C13H16O.C9H10/c1-10-4-5-11-7-13(2,9-14-3)8-12(11)6-10;1-2-5-9-7-3-6-8(9)4-1/h4-8H,9H2,1-3H3;1-2,4-5H,3,6-7H2. The molecule has 0 aliphatic heterocycles. The van der Waals surface area contributed by atoms with Crippen molar-refractivity contribution in [1.82, 2.24) is 0 Å². The van der Waals surface area contributed by atoms with Crippen LogP contribution in [0.5, 0.6) is 0 Å². The molecule has 0 saturated heterocycles. The molecule has 2 aliphatic rings. The Kier molecular flexibility index (Phi) is 4.68. The second-order valence-corrected chi connectivity index (χ2v) is 6.98. The van der Waals surface area contributed by atoms with Crippen molar-refractivity contribution < 1.29 is 4.74 Å². The third-order valence-electron chi connectivity index (χ3n) is 4.68. The molecule has 0 amide bonds. The number of ether oxygens (including phenoxy) is 1. The maximum absolute atomic E-state index is 5.23. The molecule has 0 saturated carbocycles. The molecule has 0 spiro atoms. The molecule has 0 radical (unpaired) electrons. The van der Waals surface area contributed by atoms with Gasteiger partial charge in [-0.15, -0.1) is 0 Å². The lowest BCUT2D eigenvalue weighted by atomic mass is 9.94. The summed E-state index contributed by atoms with van der Waals surface area (Å²) in [5.74, 6) is 0. The van der Waals surface area contributed by atoms with Crippen LogP contribution < -0.4 is 10.4 Å². The van der Waals surface area contributed by atoms with Crippen LogP contribution in [0, 0.1) is 12.3 Å². The molecule has 120 valence electrons. The van der Waals surface area contributed by atoms with E-state index in [0.29, 0.717) is 0 Å². The maximum Gasteiger partial charge on any atom is 0.0586 e. The minimum Gasteiger partial charge on any atom is -0.383 e. The quantitative estimate of drug-likeness (QED) is 0.826. The maximum atomic E-state index is 5.23. The summed E-state index contributed by atoms with van der Waals surface area (Å²) in [7, 11) is 1.75. The third kappa shape index (κ3) is 3.73. The second-order valence-electron chi connectivity index (χ2n) is 6.98. The summed E-state index contributed by atoms with van der Waals surface area (Å²) in [5, 5.41) is 2.67. The van der Waals surface area contributed by atoms with E-state index in [1.165, 1.54) is 35.3 Å². The van der Waals surface area contributed by atoms with Gasteiger partial charge in [0.25, 0.3) is 0 Å². The number of benzene rings is 2. The Hall–Kier alpha value is -1.86. The van der Waals surface area contributed by atoms with Gasteiger partial charge < -0.3 is 4.74 Å². The number of hydrogen-bond donors (Lipinski definition) is 0. The zero-order valence-corrected chi connectivity index (χ0v) is 14.4. The highest BCUT2D eigenvalue weighted by Crippen LogP contribution is 2.22. The van der Waals surface area contributed by atoms with Crippen molar-refractivity contribution in [3.05, 3.63) is 69.6 Å². The van der Waals surface area contributed by atoms with Crippen LogP contribution in [0.1, 0.15) is 30.0 Å². The first kappa shape index (κ1) is 16.0. The van der Waals surface area contributed by atoms with Crippen LogP contribution in [0.3, 0.4) is 0 Å². The predicted molar refractivity (Wildman–Crippen MR) is 97.8 cm³/mol. The normalized spacial score (nSPS) is 20.7. The van der Waals surface area contributed by atoms with Gasteiger partial charge in [0.15, 0.2) is 0 Å². The van der Waals surface area contributed by atoms with Crippen molar-refractivity contribution in [3.63, 3.8) is 0 Å². The summed E-state index contributed by atoms with van der Waals surface area (Å²) in [6, 6.07) is 15.3. The fraction of sp³-hybridized carbons (Fsp3) is 0.364. The molecule has 2 aromatic rings. The topological polar surface area (TPSA) is 9.23 Å². The molecule has 4 rings (SSSR count). The van der Waals surface area contributed by atoms with Gasteiger partial charge in [-0.05, 0) is 47.8 Å². The average Bonchev–Trinajstić information content (AvgIpc) is 3.11. The molecule has 0 heterocycles. The largest absolute Gasteiger partial charge is 0.383 e. The molecular weight excluding hydrogens is 280 g/mol. The van der Waals surface area contributed by atoms with E-state index in [-0.39, 0.29) is 5.41 Å². The Morgan fingerprint density at radius 1 is 0.957 bits per heavy atom. The molecule has 2 aliphatic carbocycles. The summed E-state index contributed by atoms with van der Waals surface area (Å²) >= 11 is 0. The number of aryl methyl sites for hydroxylation is 3. The van der Waals surface area contributed by atoms with Crippen molar-refractivity contribution in [2.24, 2.45) is 5.41 Å². The molecule has 23 heavy (non-hydrogen) atoms. The molecule has 1 heteroatoms. The summed E-state index contributed by atoms with van der Waals surface area (Å²) in [4.78, 5) is 0. The number of rotatable bonds is 2. The van der Waals surface area contributed by atoms with Crippen LogP contribution in [-0.4, -0.2) is 13.7 Å². The van der Waals surface area contributed by atoms with Crippen molar-refractivity contribution in [1.29, 1.82) is 0 Å². The predicted octanol–water partition coefficient (Wildman–Crippen LogP) is 3.40. The fourth-order valence-electron chi connectivity index (χ4n) is 3.61. The first-order chi connectivity index (χ1) is 11.1. The molecule has 1 unspecified atom stereocenters. The highest BCUT2D eigenvalue weighted by molar-refractivity contribution is 5.56. The molecule has 2 aromatic carbocycles. The molecule has 0 N–H and O–H groups in total. The van der Waals surface area contributed by atoms with Gasteiger partial charge in [-0.2, -0.15) is 0 Å². The Labute approximate surface area is 139 Å². The minimum absolute atomic E-state index is 0.0743. The number of fused-ring (bicyclic) bond motifs is 2. The van der Waals surface area contributed by atoms with Crippen LogP contribution >= 0.6 is 0 Å². The molecule has 1 atom stereocenters. The van der Waals surface area contributed by atoms with Gasteiger partial charge in [-0.3, -0.25) is 0 Å². The van der Waals surface area contributed by atoms with Crippen LogP contribution in [0.15, 0.2) is 42.5 Å². The van der Waals surface area contributed by atoms with Crippen LogP contribution in [-0.2, 0) is 17.6 Å². The summed E-state index contributed by atoms with van der Waals surface area (Å²) in [5.41, 5.74) is 4.52. The summed E-state index contributed by atoms with van der Waals surface area (Å²) in [6.07, 6.45) is 8.54. The summed E-state index contributed by atoms with van der Waals surface area (Å²) < 4.78 is 5.23. The van der Waals surface area contributed by atoms with Gasteiger partial charge in [-0.1, -0.05) is 67.1 Å². The van der Waals surface area contributed by atoms with Crippen molar-refractivity contribution in [2.45, 2.75) is 33.1 Å². The van der Waals surface area contributed by atoms with Gasteiger partial charge >= 0.3 is 0 Å². The SMILES string of the molecule is COCC1(C)C=c2ccc(C)cc2=C1.c1ccc2c(c1)CCC2. The van der Waals surface area contributed by atoms with E-state index in [1.807, 2.05) is 0 Å². The van der Waals surface area contributed by atoms with E-state index in [9.17, 15) is 0 Å². The van der Waals surface area contributed by atoms with Crippen LogP contribution in [0.2, 0.25) is 0 Å². The van der Waals surface area contributed by atoms with Crippen molar-refractivity contribution in [2.75, 3.05) is 13.7 Å². The number of hydrogen-bond acceptors (Lipinski definition) is 1. The lowest BCUT2D eigenvalue weighted by Crippen LogP contribution is -2.20. The zero-order valence-electron chi connectivity index (χ0n) is 14.4. The van der Waals surface area contributed by atoms with Gasteiger partial charge in [0.2, 0.25) is 0 Å². The average molecular weight is 306 g/mol. The monoisotopic (exact) mass is 306 g/mol. The van der Waals surface area contributed by atoms with Gasteiger partial charge in [0.1, 0.15) is 0 Å². The third-order valence-corrected chi connectivity index (χ3v) is 4.68. The fourth-order valence-corrected chi connectivity index (χ4v) is 3.61. The molecule has 0 aromatic heterocycles. The highest BCUT2D eigenvalue weighted by Gasteiger charge is 2.21. The number of methoxy groups -OCH3 is 1. The smallest absolute Gasteiger partial charge is 0.0586 e. The van der Waals surface area contributed by atoms with E-state index >= 15 is 0 Å². The van der Waals surface area contributed by atoms with E-state index in [2.05, 4.69) is 68.5 Å². The molecular formula is C22H26O. The Morgan fingerprint density at radius 2 is 1.61 bits per heavy atom. The lowest BCUT2D eigenvalue weighted by Gasteiger charge is -2.17. The van der Waals surface area contributed by atoms with Crippen molar-refractivity contribution >= 4 is 12.2 Å². The van der Waals surface area contributed by atoms with E-state index in [4.69, 9.17) is 4.74 Å². The lowest BCUT2D eigenvalue weighted by molar-refractivity contribution is 0.160. The van der Waals surface area contributed by atoms with Gasteiger partial charge in [0.05, 0.1) is 6.61 Å². The Morgan fingerprint density at radius 3 is 2.26 bits per heavy atom. The van der Waals surface area contributed by atoms with Gasteiger partial charge in [-0.25, -0.2) is 0 Å². The molecule has 1 nitrogen and oxygen atoms in total. The zero-order chi connectivity index (χ0) is 16.3. The second kappa shape index (κ2) is 6.72. The molecule has 0 bridgehead atoms. The highest BCUT2D eigenvalue weighted by atomic mass is 16.5. The minimum atomic E-state index is 0.0743. The van der Waals surface area contributed by atoms with E-state index in [1.54, 1.807) is 18.2 Å². The van der Waals surface area contributed by atoms with E-state index < -0.39 is 0 Å². The summed E-state index contributed by atoms with van der Waals surface area (Å²) in [6.45, 7) is 5.08.